The van der Waals surface area contributed by atoms with Gasteiger partial charge in [-0.25, -0.2) is 0 Å². The third-order valence-electron chi connectivity index (χ3n) is 2.48. The third kappa shape index (κ3) is 1.41. The highest BCUT2D eigenvalue weighted by Crippen LogP contribution is 2.36. The lowest BCUT2D eigenvalue weighted by Gasteiger charge is -2.41. The summed E-state index contributed by atoms with van der Waals surface area (Å²) in [4.78, 5) is 0. The van der Waals surface area contributed by atoms with Crippen LogP contribution in [0.2, 0.25) is 0 Å². The van der Waals surface area contributed by atoms with E-state index in [2.05, 4.69) is 26.0 Å². The molecule has 0 unspecified atom stereocenters. The van der Waals surface area contributed by atoms with E-state index in [4.69, 9.17) is 9.47 Å². The molecule has 0 saturated carbocycles. The summed E-state index contributed by atoms with van der Waals surface area (Å²) in [6.45, 7) is 5.97. The minimum atomic E-state index is -0.282. The standard InChI is InChI=1S/C10H16O2/c1-9(2)7-11-10(12-8-9)5-3-4-6-10/h3-4H,5-8H2,1-2H3. The van der Waals surface area contributed by atoms with Gasteiger partial charge in [-0.05, 0) is 0 Å². The van der Waals surface area contributed by atoms with Gasteiger partial charge < -0.3 is 9.47 Å². The van der Waals surface area contributed by atoms with Crippen molar-refractivity contribution in [2.75, 3.05) is 13.2 Å². The number of hydrogen-bond donors (Lipinski definition) is 0. The van der Waals surface area contributed by atoms with Crippen LogP contribution in [-0.2, 0) is 9.47 Å². The lowest BCUT2D eigenvalue weighted by Crippen LogP contribution is -2.45. The van der Waals surface area contributed by atoms with E-state index in [0.717, 1.165) is 26.1 Å². The SMILES string of the molecule is CC1(C)COC2(CC=CC2)OC1. The maximum absolute atomic E-state index is 5.76. The fraction of sp³-hybridized carbons (Fsp3) is 0.800. The van der Waals surface area contributed by atoms with Crippen LogP contribution in [0, 0.1) is 5.41 Å². The Labute approximate surface area is 73.5 Å². The Morgan fingerprint density at radius 2 is 1.50 bits per heavy atom. The second-order valence-electron chi connectivity index (χ2n) is 4.53. The molecule has 2 rings (SSSR count). The summed E-state index contributed by atoms with van der Waals surface area (Å²) in [5.74, 6) is -0.282. The van der Waals surface area contributed by atoms with Crippen molar-refractivity contribution < 1.29 is 9.47 Å². The van der Waals surface area contributed by atoms with Gasteiger partial charge in [-0.1, -0.05) is 26.0 Å². The van der Waals surface area contributed by atoms with Crippen molar-refractivity contribution in [2.45, 2.75) is 32.5 Å². The van der Waals surface area contributed by atoms with Crippen molar-refractivity contribution in [2.24, 2.45) is 5.41 Å². The Kier molecular flexibility index (Phi) is 1.77. The molecule has 12 heavy (non-hydrogen) atoms. The van der Waals surface area contributed by atoms with Gasteiger partial charge >= 0.3 is 0 Å². The maximum atomic E-state index is 5.76. The smallest absolute Gasteiger partial charge is 0.175 e. The quantitative estimate of drug-likeness (QED) is 0.516. The molecule has 0 radical (unpaired) electrons. The lowest BCUT2D eigenvalue weighted by molar-refractivity contribution is -0.291. The summed E-state index contributed by atoms with van der Waals surface area (Å²) in [5.41, 5.74) is 0.188. The largest absolute Gasteiger partial charge is 0.349 e. The second kappa shape index (κ2) is 2.57. The van der Waals surface area contributed by atoms with Gasteiger partial charge in [0.1, 0.15) is 0 Å². The second-order valence-corrected chi connectivity index (χ2v) is 4.53. The average molecular weight is 168 g/mol. The highest BCUT2D eigenvalue weighted by Gasteiger charge is 2.40. The van der Waals surface area contributed by atoms with E-state index in [1.54, 1.807) is 0 Å². The molecule has 0 N–H and O–H groups in total. The van der Waals surface area contributed by atoms with Crippen molar-refractivity contribution in [3.05, 3.63) is 12.2 Å². The fourth-order valence-corrected chi connectivity index (χ4v) is 1.58. The van der Waals surface area contributed by atoms with Gasteiger partial charge in [-0.2, -0.15) is 0 Å². The first-order chi connectivity index (χ1) is 5.62. The van der Waals surface area contributed by atoms with Gasteiger partial charge in [0.2, 0.25) is 0 Å². The highest BCUT2D eigenvalue weighted by molar-refractivity contribution is 5.01. The Morgan fingerprint density at radius 3 is 2.00 bits per heavy atom. The molecule has 0 aromatic heterocycles. The first kappa shape index (κ1) is 8.27. The zero-order valence-electron chi connectivity index (χ0n) is 7.80. The Bertz CT molecular complexity index is 186. The van der Waals surface area contributed by atoms with Crippen LogP contribution in [0.25, 0.3) is 0 Å². The molecular formula is C10H16O2. The van der Waals surface area contributed by atoms with Crippen LogP contribution in [0.5, 0.6) is 0 Å². The molecule has 1 aliphatic heterocycles. The van der Waals surface area contributed by atoms with Gasteiger partial charge in [-0.3, -0.25) is 0 Å². The molecular weight excluding hydrogens is 152 g/mol. The summed E-state index contributed by atoms with van der Waals surface area (Å²) in [7, 11) is 0. The summed E-state index contributed by atoms with van der Waals surface area (Å²) in [6.07, 6.45) is 6.11. The van der Waals surface area contributed by atoms with Crippen molar-refractivity contribution in [1.82, 2.24) is 0 Å². The predicted octanol–water partition coefficient (Wildman–Crippen LogP) is 2.11. The van der Waals surface area contributed by atoms with Crippen molar-refractivity contribution in [1.29, 1.82) is 0 Å². The minimum Gasteiger partial charge on any atom is -0.349 e. The zero-order chi connectivity index (χ0) is 8.66. The third-order valence-corrected chi connectivity index (χ3v) is 2.48. The Hall–Kier alpha value is -0.340. The van der Waals surface area contributed by atoms with Crippen LogP contribution in [-0.4, -0.2) is 19.0 Å². The molecule has 1 fully saturated rings. The maximum Gasteiger partial charge on any atom is 0.175 e. The summed E-state index contributed by atoms with van der Waals surface area (Å²) in [5, 5.41) is 0. The molecule has 2 nitrogen and oxygen atoms in total. The van der Waals surface area contributed by atoms with Crippen LogP contribution >= 0.6 is 0 Å². The van der Waals surface area contributed by atoms with Crippen molar-refractivity contribution in [3.8, 4) is 0 Å². The summed E-state index contributed by atoms with van der Waals surface area (Å²) < 4.78 is 11.5. The van der Waals surface area contributed by atoms with Gasteiger partial charge in [-0.15, -0.1) is 0 Å². The Morgan fingerprint density at radius 1 is 1.00 bits per heavy atom. The lowest BCUT2D eigenvalue weighted by atomic mass is 9.94. The van der Waals surface area contributed by atoms with Crippen LogP contribution in [0.15, 0.2) is 12.2 Å². The first-order valence-electron chi connectivity index (χ1n) is 4.55. The van der Waals surface area contributed by atoms with Gasteiger partial charge in [0.05, 0.1) is 13.2 Å². The summed E-state index contributed by atoms with van der Waals surface area (Å²) >= 11 is 0. The molecule has 1 spiro atoms. The molecule has 2 aliphatic rings. The minimum absolute atomic E-state index is 0.188. The molecule has 0 bridgehead atoms. The van der Waals surface area contributed by atoms with Gasteiger partial charge in [0.15, 0.2) is 5.79 Å². The summed E-state index contributed by atoms with van der Waals surface area (Å²) in [6, 6.07) is 0. The highest BCUT2D eigenvalue weighted by atomic mass is 16.7. The van der Waals surface area contributed by atoms with Crippen LogP contribution in [0.1, 0.15) is 26.7 Å². The number of hydrogen-bond acceptors (Lipinski definition) is 2. The van der Waals surface area contributed by atoms with E-state index < -0.39 is 0 Å². The van der Waals surface area contributed by atoms with E-state index in [9.17, 15) is 0 Å². The molecule has 1 saturated heterocycles. The molecule has 0 aromatic rings. The van der Waals surface area contributed by atoms with E-state index in [1.165, 1.54) is 0 Å². The number of ether oxygens (including phenoxy) is 2. The normalized spacial score (nSPS) is 31.2. The molecule has 1 heterocycles. The molecule has 0 aromatic carbocycles. The zero-order valence-corrected chi connectivity index (χ0v) is 7.80. The van der Waals surface area contributed by atoms with Crippen LogP contribution in [0.4, 0.5) is 0 Å². The molecule has 68 valence electrons. The van der Waals surface area contributed by atoms with Crippen molar-refractivity contribution in [3.63, 3.8) is 0 Å². The first-order valence-corrected chi connectivity index (χ1v) is 4.55. The van der Waals surface area contributed by atoms with Crippen molar-refractivity contribution >= 4 is 0 Å². The molecule has 1 aliphatic carbocycles. The fourth-order valence-electron chi connectivity index (χ4n) is 1.58. The number of rotatable bonds is 0. The topological polar surface area (TPSA) is 18.5 Å². The monoisotopic (exact) mass is 168 g/mol. The predicted molar refractivity (Wildman–Crippen MR) is 46.8 cm³/mol. The van der Waals surface area contributed by atoms with E-state index >= 15 is 0 Å². The van der Waals surface area contributed by atoms with E-state index in [1.807, 2.05) is 0 Å². The van der Waals surface area contributed by atoms with Crippen LogP contribution < -0.4 is 0 Å². The van der Waals surface area contributed by atoms with Crippen LogP contribution in [0.3, 0.4) is 0 Å². The molecule has 0 atom stereocenters. The van der Waals surface area contributed by atoms with Gasteiger partial charge in [0.25, 0.3) is 0 Å². The molecule has 2 heteroatoms. The molecule has 0 amide bonds. The van der Waals surface area contributed by atoms with Gasteiger partial charge in [0, 0.05) is 18.3 Å². The average Bonchev–Trinajstić information content (AvgIpc) is 2.46. The Balaban J connectivity index is 1.98. The van der Waals surface area contributed by atoms with E-state index in [0.29, 0.717) is 0 Å². The van der Waals surface area contributed by atoms with E-state index in [-0.39, 0.29) is 11.2 Å².